The van der Waals surface area contributed by atoms with Crippen LogP contribution in [-0.2, 0) is 11.2 Å². The fourth-order valence-electron chi connectivity index (χ4n) is 2.12. The summed E-state index contributed by atoms with van der Waals surface area (Å²) in [5.74, 6) is 1.69. The fraction of sp³-hybridized carbons (Fsp3) is 0.588. The van der Waals surface area contributed by atoms with E-state index in [-0.39, 0.29) is 5.97 Å². The van der Waals surface area contributed by atoms with E-state index in [2.05, 4.69) is 5.32 Å². The molecule has 1 aromatic carbocycles. The minimum Gasteiger partial charge on any atom is -0.490 e. The summed E-state index contributed by atoms with van der Waals surface area (Å²) in [4.78, 5) is 11.8. The minimum absolute atomic E-state index is 0.222. The number of ether oxygens (including phenoxy) is 3. The Labute approximate surface area is 132 Å². The number of likely N-dealkylation sites (N-methyl/N-ethyl adjacent to an activating group) is 1. The lowest BCUT2D eigenvalue weighted by atomic mass is 10.1. The van der Waals surface area contributed by atoms with E-state index < -0.39 is 0 Å². The zero-order chi connectivity index (χ0) is 16.4. The Morgan fingerprint density at radius 2 is 1.77 bits per heavy atom. The van der Waals surface area contributed by atoms with Crippen molar-refractivity contribution in [3.63, 3.8) is 0 Å². The largest absolute Gasteiger partial charge is 0.490 e. The van der Waals surface area contributed by atoms with Gasteiger partial charge < -0.3 is 19.5 Å². The molecule has 0 saturated carbocycles. The zero-order valence-electron chi connectivity index (χ0n) is 14.0. The number of carbonyl (C=O) groups excluding carboxylic acids is 1. The van der Waals surface area contributed by atoms with Gasteiger partial charge in [0.05, 0.1) is 13.2 Å². The highest BCUT2D eigenvalue weighted by Crippen LogP contribution is 2.38. The molecule has 124 valence electrons. The maximum Gasteiger partial charge on any atom is 0.311 e. The summed E-state index contributed by atoms with van der Waals surface area (Å²) in [6.45, 7) is 7.64. The first-order valence-electron chi connectivity index (χ1n) is 7.94. The van der Waals surface area contributed by atoms with Crippen LogP contribution in [-0.4, -0.2) is 32.8 Å². The maximum atomic E-state index is 11.8. The molecular formula is C17H27NO4. The summed E-state index contributed by atoms with van der Waals surface area (Å²) in [6, 6.07) is 3.58. The smallest absolute Gasteiger partial charge is 0.311 e. The van der Waals surface area contributed by atoms with Crippen LogP contribution < -0.4 is 19.5 Å². The summed E-state index contributed by atoms with van der Waals surface area (Å²) in [7, 11) is 1.88. The van der Waals surface area contributed by atoms with E-state index in [0.29, 0.717) is 43.3 Å². The third-order valence-corrected chi connectivity index (χ3v) is 3.07. The van der Waals surface area contributed by atoms with Gasteiger partial charge in [0.2, 0.25) is 0 Å². The Balaban J connectivity index is 3.17. The first kappa shape index (κ1) is 18.3. The number of nitrogens with one attached hydrogen (secondary N) is 1. The number of hydrogen-bond acceptors (Lipinski definition) is 5. The summed E-state index contributed by atoms with van der Waals surface area (Å²) in [5.41, 5.74) is 0.867. The van der Waals surface area contributed by atoms with E-state index in [4.69, 9.17) is 14.2 Å². The lowest BCUT2D eigenvalue weighted by Gasteiger charge is -2.18. The average Bonchev–Trinajstić information content (AvgIpc) is 2.49. The van der Waals surface area contributed by atoms with E-state index in [1.165, 1.54) is 0 Å². The number of benzene rings is 1. The van der Waals surface area contributed by atoms with Crippen molar-refractivity contribution >= 4 is 5.97 Å². The second-order valence-electron chi connectivity index (χ2n) is 4.81. The topological polar surface area (TPSA) is 56.8 Å². The third kappa shape index (κ3) is 5.22. The van der Waals surface area contributed by atoms with Crippen molar-refractivity contribution in [2.45, 2.75) is 40.0 Å². The van der Waals surface area contributed by atoms with Gasteiger partial charge in [-0.1, -0.05) is 6.92 Å². The highest BCUT2D eigenvalue weighted by atomic mass is 16.5. The van der Waals surface area contributed by atoms with Crippen LogP contribution in [0.4, 0.5) is 0 Å². The van der Waals surface area contributed by atoms with Crippen molar-refractivity contribution in [3.05, 3.63) is 17.7 Å². The molecule has 0 unspecified atom stereocenters. The van der Waals surface area contributed by atoms with Gasteiger partial charge in [0.1, 0.15) is 5.75 Å². The molecular weight excluding hydrogens is 282 g/mol. The van der Waals surface area contributed by atoms with Gasteiger partial charge in [0.15, 0.2) is 11.5 Å². The molecule has 5 heteroatoms. The standard InChI is InChI=1S/C17H27NO4/c1-5-8-16(19)22-14-9-10-15(20-6-2)17(21-7-3)13(14)11-12-18-4/h9-10,18H,5-8,11-12H2,1-4H3. The molecule has 0 aliphatic heterocycles. The maximum absolute atomic E-state index is 11.8. The first-order chi connectivity index (χ1) is 10.7. The van der Waals surface area contributed by atoms with Crippen molar-refractivity contribution in [3.8, 4) is 17.2 Å². The number of esters is 1. The van der Waals surface area contributed by atoms with Gasteiger partial charge in [0.25, 0.3) is 0 Å². The van der Waals surface area contributed by atoms with Crippen LogP contribution in [0.5, 0.6) is 17.2 Å². The Morgan fingerprint density at radius 1 is 1.09 bits per heavy atom. The summed E-state index contributed by atoms with van der Waals surface area (Å²) < 4.78 is 16.9. The Kier molecular flexibility index (Phi) is 8.36. The predicted molar refractivity (Wildman–Crippen MR) is 87.0 cm³/mol. The average molecular weight is 309 g/mol. The molecule has 0 spiro atoms. The molecule has 0 fully saturated rings. The molecule has 0 aromatic heterocycles. The third-order valence-electron chi connectivity index (χ3n) is 3.07. The van der Waals surface area contributed by atoms with Gasteiger partial charge in [-0.2, -0.15) is 0 Å². The SMILES string of the molecule is CCCC(=O)Oc1ccc(OCC)c(OCC)c1CCNC. The lowest BCUT2D eigenvalue weighted by molar-refractivity contribution is -0.134. The van der Waals surface area contributed by atoms with E-state index >= 15 is 0 Å². The molecule has 0 amide bonds. The van der Waals surface area contributed by atoms with E-state index in [1.54, 1.807) is 12.1 Å². The van der Waals surface area contributed by atoms with Crippen LogP contribution in [0.15, 0.2) is 12.1 Å². The van der Waals surface area contributed by atoms with Gasteiger partial charge in [-0.3, -0.25) is 4.79 Å². The molecule has 22 heavy (non-hydrogen) atoms. The van der Waals surface area contributed by atoms with Crippen LogP contribution in [0.25, 0.3) is 0 Å². The highest BCUT2D eigenvalue weighted by molar-refractivity contribution is 5.73. The van der Waals surface area contributed by atoms with Crippen molar-refractivity contribution in [1.82, 2.24) is 5.32 Å². The molecule has 0 saturated heterocycles. The van der Waals surface area contributed by atoms with Gasteiger partial charge in [-0.25, -0.2) is 0 Å². The fourth-order valence-corrected chi connectivity index (χ4v) is 2.12. The molecule has 0 aliphatic carbocycles. The quantitative estimate of drug-likeness (QED) is 0.532. The van der Waals surface area contributed by atoms with E-state index in [1.807, 2.05) is 27.8 Å². The van der Waals surface area contributed by atoms with Crippen molar-refractivity contribution in [2.75, 3.05) is 26.8 Å². The zero-order valence-corrected chi connectivity index (χ0v) is 14.0. The minimum atomic E-state index is -0.222. The second kappa shape index (κ2) is 10.1. The molecule has 0 radical (unpaired) electrons. The number of carbonyl (C=O) groups is 1. The van der Waals surface area contributed by atoms with Crippen molar-refractivity contribution < 1.29 is 19.0 Å². The Hall–Kier alpha value is -1.75. The molecule has 0 bridgehead atoms. The molecule has 1 N–H and O–H groups in total. The molecule has 0 aliphatic rings. The molecule has 1 rings (SSSR count). The summed E-state index contributed by atoms with van der Waals surface area (Å²) >= 11 is 0. The van der Waals surface area contributed by atoms with Crippen molar-refractivity contribution in [2.24, 2.45) is 0 Å². The molecule has 1 aromatic rings. The molecule has 0 heterocycles. The molecule has 5 nitrogen and oxygen atoms in total. The normalized spacial score (nSPS) is 10.4. The monoisotopic (exact) mass is 309 g/mol. The highest BCUT2D eigenvalue weighted by Gasteiger charge is 2.18. The lowest BCUT2D eigenvalue weighted by Crippen LogP contribution is -2.15. The van der Waals surface area contributed by atoms with E-state index in [9.17, 15) is 4.79 Å². The van der Waals surface area contributed by atoms with Crippen LogP contribution >= 0.6 is 0 Å². The van der Waals surface area contributed by atoms with Gasteiger partial charge >= 0.3 is 5.97 Å². The predicted octanol–water partition coefficient (Wildman–Crippen LogP) is 2.95. The van der Waals surface area contributed by atoms with Crippen LogP contribution in [0.2, 0.25) is 0 Å². The summed E-state index contributed by atoms with van der Waals surface area (Å²) in [6.07, 6.45) is 1.87. The first-order valence-corrected chi connectivity index (χ1v) is 7.94. The van der Waals surface area contributed by atoms with Crippen LogP contribution in [0.3, 0.4) is 0 Å². The Bertz CT molecular complexity index is 474. The number of hydrogen-bond donors (Lipinski definition) is 1. The Morgan fingerprint density at radius 3 is 2.36 bits per heavy atom. The number of rotatable bonds is 10. The van der Waals surface area contributed by atoms with Gasteiger partial charge in [-0.05, 0) is 52.4 Å². The van der Waals surface area contributed by atoms with Crippen molar-refractivity contribution in [1.29, 1.82) is 0 Å². The van der Waals surface area contributed by atoms with Crippen LogP contribution in [0, 0.1) is 0 Å². The molecule has 0 atom stereocenters. The summed E-state index contributed by atoms with van der Waals surface area (Å²) in [5, 5.41) is 3.11. The second-order valence-corrected chi connectivity index (χ2v) is 4.81. The van der Waals surface area contributed by atoms with Gasteiger partial charge in [0, 0.05) is 12.0 Å². The van der Waals surface area contributed by atoms with E-state index in [0.717, 1.165) is 18.5 Å². The van der Waals surface area contributed by atoms with Gasteiger partial charge in [-0.15, -0.1) is 0 Å². The van der Waals surface area contributed by atoms with Crippen LogP contribution in [0.1, 0.15) is 39.2 Å².